The minimum atomic E-state index is -0.390. The van der Waals surface area contributed by atoms with Crippen molar-refractivity contribution in [2.75, 3.05) is 18.4 Å². The summed E-state index contributed by atoms with van der Waals surface area (Å²) in [5, 5.41) is 16.5. The quantitative estimate of drug-likeness (QED) is 0.929. The summed E-state index contributed by atoms with van der Waals surface area (Å²) in [5.74, 6) is 1.05. The van der Waals surface area contributed by atoms with E-state index in [0.29, 0.717) is 24.9 Å². The maximum absolute atomic E-state index is 12.3. The van der Waals surface area contributed by atoms with Crippen LogP contribution in [0.1, 0.15) is 45.2 Å². The van der Waals surface area contributed by atoms with E-state index in [0.717, 1.165) is 17.9 Å². The van der Waals surface area contributed by atoms with Crippen LogP contribution in [0.25, 0.3) is 0 Å². The van der Waals surface area contributed by atoms with E-state index < -0.39 is 5.41 Å². The Morgan fingerprint density at radius 3 is 2.77 bits per heavy atom. The number of aromatic nitrogens is 2. The zero-order valence-corrected chi connectivity index (χ0v) is 13.5. The molecule has 3 rings (SSSR count). The highest BCUT2D eigenvalue weighted by Gasteiger charge is 2.42. The number of rotatable bonds is 4. The lowest BCUT2D eigenvalue weighted by Crippen LogP contribution is -2.57. The number of nitrogens with zero attached hydrogens (tertiary/aromatic N) is 4. The molecule has 6 heteroatoms. The molecule has 2 amide bonds. The SMILES string of the molecule is CC(C)Cn1ncc(NC(=O)N2CC(C)(C#N)C2)c1C1CC1. The smallest absolute Gasteiger partial charge is 0.321 e. The minimum absolute atomic E-state index is 0.126. The molecule has 0 radical (unpaired) electrons. The molecule has 2 heterocycles. The molecule has 0 bridgehead atoms. The Labute approximate surface area is 131 Å². The van der Waals surface area contributed by atoms with Crippen LogP contribution in [0.3, 0.4) is 0 Å². The molecule has 0 aromatic carbocycles. The van der Waals surface area contributed by atoms with Gasteiger partial charge in [-0.3, -0.25) is 4.68 Å². The van der Waals surface area contributed by atoms with Gasteiger partial charge in [-0.05, 0) is 25.7 Å². The number of urea groups is 1. The summed E-state index contributed by atoms with van der Waals surface area (Å²) in [6.45, 7) is 8.08. The normalized spacial score (nSPS) is 19.7. The summed E-state index contributed by atoms with van der Waals surface area (Å²) in [4.78, 5) is 14.0. The number of hydrogen-bond acceptors (Lipinski definition) is 3. The van der Waals surface area contributed by atoms with Crippen LogP contribution in [0.15, 0.2) is 6.20 Å². The molecule has 1 N–H and O–H groups in total. The standard InChI is InChI=1S/C16H23N5O/c1-11(2)7-21-14(12-4-5-12)13(6-18-21)19-15(22)20-9-16(3,8-17)10-20/h6,11-12H,4-5,7,9-10H2,1-3H3,(H,19,22). The number of anilines is 1. The molecule has 1 saturated heterocycles. The van der Waals surface area contributed by atoms with Crippen LogP contribution >= 0.6 is 0 Å². The monoisotopic (exact) mass is 301 g/mol. The van der Waals surface area contributed by atoms with E-state index in [2.05, 4.69) is 30.3 Å². The molecule has 118 valence electrons. The predicted octanol–water partition coefficient (Wildman–Crippen LogP) is 2.79. The molecule has 2 fully saturated rings. The van der Waals surface area contributed by atoms with Crippen LogP contribution in [-0.4, -0.2) is 33.8 Å². The molecule has 1 aromatic rings. The molecule has 1 aromatic heterocycles. The molecule has 0 spiro atoms. The Kier molecular flexibility index (Phi) is 3.59. The Morgan fingerprint density at radius 2 is 2.23 bits per heavy atom. The highest BCUT2D eigenvalue weighted by atomic mass is 16.2. The third kappa shape index (κ3) is 2.80. The lowest BCUT2D eigenvalue weighted by atomic mass is 9.84. The lowest BCUT2D eigenvalue weighted by Gasteiger charge is -2.42. The van der Waals surface area contributed by atoms with Gasteiger partial charge in [-0.1, -0.05) is 13.8 Å². The Balaban J connectivity index is 1.69. The molecule has 1 saturated carbocycles. The first-order valence-corrected chi connectivity index (χ1v) is 7.95. The average Bonchev–Trinajstić information content (AvgIpc) is 3.19. The van der Waals surface area contributed by atoms with Crippen molar-refractivity contribution in [3.8, 4) is 6.07 Å². The molecule has 22 heavy (non-hydrogen) atoms. The zero-order valence-electron chi connectivity index (χ0n) is 13.5. The number of nitrogens with one attached hydrogen (secondary N) is 1. The van der Waals surface area contributed by atoms with Gasteiger partial charge in [-0.25, -0.2) is 4.79 Å². The number of carbonyl (C=O) groups is 1. The molecular formula is C16H23N5O. The third-order valence-corrected chi connectivity index (χ3v) is 4.26. The zero-order chi connectivity index (χ0) is 15.9. The number of amides is 2. The van der Waals surface area contributed by atoms with Crippen LogP contribution in [0.4, 0.5) is 10.5 Å². The Morgan fingerprint density at radius 1 is 1.55 bits per heavy atom. The van der Waals surface area contributed by atoms with Gasteiger partial charge in [-0.2, -0.15) is 10.4 Å². The molecule has 6 nitrogen and oxygen atoms in total. The molecule has 1 aliphatic heterocycles. The summed E-state index contributed by atoms with van der Waals surface area (Å²) >= 11 is 0. The van der Waals surface area contributed by atoms with Gasteiger partial charge in [0.1, 0.15) is 0 Å². The van der Waals surface area contributed by atoms with Crippen molar-refractivity contribution in [2.24, 2.45) is 11.3 Å². The van der Waals surface area contributed by atoms with Crippen molar-refractivity contribution in [1.29, 1.82) is 5.26 Å². The Bertz CT molecular complexity index is 617. The van der Waals surface area contributed by atoms with Crippen LogP contribution < -0.4 is 5.32 Å². The summed E-state index contributed by atoms with van der Waals surface area (Å²) in [7, 11) is 0. The van der Waals surface area contributed by atoms with Crippen molar-refractivity contribution in [2.45, 2.75) is 46.1 Å². The van der Waals surface area contributed by atoms with Gasteiger partial charge in [-0.15, -0.1) is 0 Å². The molecule has 0 atom stereocenters. The molecule has 2 aliphatic rings. The highest BCUT2D eigenvalue weighted by molar-refractivity contribution is 5.90. The number of carbonyl (C=O) groups excluding carboxylic acids is 1. The van der Waals surface area contributed by atoms with Crippen molar-refractivity contribution < 1.29 is 4.79 Å². The maximum Gasteiger partial charge on any atom is 0.322 e. The van der Waals surface area contributed by atoms with E-state index in [1.165, 1.54) is 12.8 Å². The first-order chi connectivity index (χ1) is 10.4. The second kappa shape index (κ2) is 5.31. The van der Waals surface area contributed by atoms with Gasteiger partial charge in [0, 0.05) is 25.6 Å². The summed E-state index contributed by atoms with van der Waals surface area (Å²) in [6.07, 6.45) is 4.10. The van der Waals surface area contributed by atoms with Crippen LogP contribution in [0.5, 0.6) is 0 Å². The number of hydrogen-bond donors (Lipinski definition) is 1. The van der Waals surface area contributed by atoms with Crippen LogP contribution in [0, 0.1) is 22.7 Å². The van der Waals surface area contributed by atoms with Crippen molar-refractivity contribution in [3.05, 3.63) is 11.9 Å². The summed E-state index contributed by atoms with van der Waals surface area (Å²) in [6, 6.07) is 2.13. The Hall–Kier alpha value is -2.03. The van der Waals surface area contributed by atoms with Crippen LogP contribution in [-0.2, 0) is 6.54 Å². The molecule has 1 aliphatic carbocycles. The highest BCUT2D eigenvalue weighted by Crippen LogP contribution is 2.43. The second-order valence-corrected chi connectivity index (χ2v) is 7.25. The number of likely N-dealkylation sites (tertiary alicyclic amines) is 1. The van der Waals surface area contributed by atoms with Crippen molar-refractivity contribution >= 4 is 11.7 Å². The summed E-state index contributed by atoms with van der Waals surface area (Å²) in [5.41, 5.74) is 1.60. The average molecular weight is 301 g/mol. The minimum Gasteiger partial charge on any atom is -0.321 e. The summed E-state index contributed by atoms with van der Waals surface area (Å²) < 4.78 is 2.04. The van der Waals surface area contributed by atoms with Gasteiger partial charge in [0.15, 0.2) is 0 Å². The van der Waals surface area contributed by atoms with Gasteiger partial charge in [0.2, 0.25) is 0 Å². The van der Waals surface area contributed by atoms with Crippen molar-refractivity contribution in [3.63, 3.8) is 0 Å². The van der Waals surface area contributed by atoms with Crippen molar-refractivity contribution in [1.82, 2.24) is 14.7 Å². The van der Waals surface area contributed by atoms with E-state index in [1.807, 2.05) is 11.6 Å². The van der Waals surface area contributed by atoms with E-state index in [1.54, 1.807) is 11.1 Å². The molecule has 0 unspecified atom stereocenters. The fourth-order valence-corrected chi connectivity index (χ4v) is 2.97. The fourth-order valence-electron chi connectivity index (χ4n) is 2.97. The van der Waals surface area contributed by atoms with Gasteiger partial charge in [0.25, 0.3) is 0 Å². The first kappa shape index (κ1) is 14.9. The topological polar surface area (TPSA) is 74.0 Å². The number of nitriles is 1. The molecular weight excluding hydrogens is 278 g/mol. The second-order valence-electron chi connectivity index (χ2n) is 7.25. The lowest BCUT2D eigenvalue weighted by molar-refractivity contribution is 0.0969. The third-order valence-electron chi connectivity index (χ3n) is 4.26. The van der Waals surface area contributed by atoms with Gasteiger partial charge in [0.05, 0.1) is 29.1 Å². The van der Waals surface area contributed by atoms with Gasteiger partial charge >= 0.3 is 6.03 Å². The van der Waals surface area contributed by atoms with E-state index in [4.69, 9.17) is 5.26 Å². The van der Waals surface area contributed by atoms with Gasteiger partial charge < -0.3 is 10.2 Å². The van der Waals surface area contributed by atoms with E-state index in [-0.39, 0.29) is 6.03 Å². The largest absolute Gasteiger partial charge is 0.322 e. The predicted molar refractivity (Wildman–Crippen MR) is 83.4 cm³/mol. The maximum atomic E-state index is 12.3. The van der Waals surface area contributed by atoms with E-state index >= 15 is 0 Å². The first-order valence-electron chi connectivity index (χ1n) is 7.95. The fraction of sp³-hybridized carbons (Fsp3) is 0.688. The van der Waals surface area contributed by atoms with Crippen LogP contribution in [0.2, 0.25) is 0 Å². The van der Waals surface area contributed by atoms with E-state index in [9.17, 15) is 4.79 Å².